The SMILES string of the molecule is C#CC(C)(C)N1CCN(c2ncc([N+](=O)[O-])cc2C)CC1. The van der Waals surface area contributed by atoms with Crippen LogP contribution in [0.3, 0.4) is 0 Å². The Morgan fingerprint density at radius 3 is 2.48 bits per heavy atom. The predicted molar refractivity (Wildman–Crippen MR) is 82.3 cm³/mol. The maximum atomic E-state index is 10.8. The highest BCUT2D eigenvalue weighted by molar-refractivity contribution is 5.50. The molecule has 0 aliphatic carbocycles. The molecule has 6 nitrogen and oxygen atoms in total. The topological polar surface area (TPSA) is 62.5 Å². The molecule has 0 bridgehead atoms. The number of aromatic nitrogens is 1. The number of pyridine rings is 1. The molecule has 1 saturated heterocycles. The predicted octanol–water partition coefficient (Wildman–Crippen LogP) is 1.83. The van der Waals surface area contributed by atoms with Crippen LogP contribution < -0.4 is 4.90 Å². The number of terminal acetylenes is 1. The molecule has 6 heteroatoms. The average Bonchev–Trinajstić information content (AvgIpc) is 2.47. The summed E-state index contributed by atoms with van der Waals surface area (Å²) in [6, 6.07) is 1.57. The van der Waals surface area contributed by atoms with E-state index >= 15 is 0 Å². The van der Waals surface area contributed by atoms with Crippen LogP contribution in [-0.4, -0.2) is 46.5 Å². The molecule has 2 rings (SSSR count). The summed E-state index contributed by atoms with van der Waals surface area (Å²) in [5.74, 6) is 3.63. The highest BCUT2D eigenvalue weighted by Crippen LogP contribution is 2.24. The van der Waals surface area contributed by atoms with Gasteiger partial charge >= 0.3 is 0 Å². The zero-order valence-electron chi connectivity index (χ0n) is 12.7. The molecule has 1 aromatic rings. The Balaban J connectivity index is 2.10. The molecule has 2 heterocycles. The van der Waals surface area contributed by atoms with Crippen LogP contribution in [-0.2, 0) is 0 Å². The van der Waals surface area contributed by atoms with Gasteiger partial charge in [-0.05, 0) is 26.3 Å². The smallest absolute Gasteiger partial charge is 0.287 e. The second kappa shape index (κ2) is 5.70. The molecule has 0 spiro atoms. The number of rotatable bonds is 3. The van der Waals surface area contributed by atoms with Crippen molar-refractivity contribution in [3.8, 4) is 12.3 Å². The summed E-state index contributed by atoms with van der Waals surface area (Å²) in [5, 5.41) is 10.8. The van der Waals surface area contributed by atoms with Crippen LogP contribution in [0.5, 0.6) is 0 Å². The quantitative estimate of drug-likeness (QED) is 0.482. The van der Waals surface area contributed by atoms with E-state index in [9.17, 15) is 10.1 Å². The molecule has 1 aromatic heterocycles. The third-order valence-electron chi connectivity index (χ3n) is 3.97. The number of anilines is 1. The average molecular weight is 288 g/mol. The van der Waals surface area contributed by atoms with E-state index in [1.807, 2.05) is 20.8 Å². The van der Waals surface area contributed by atoms with Crippen LogP contribution in [0.15, 0.2) is 12.3 Å². The Morgan fingerprint density at radius 1 is 1.38 bits per heavy atom. The highest BCUT2D eigenvalue weighted by Gasteiger charge is 2.29. The number of hydrogen-bond donors (Lipinski definition) is 0. The Morgan fingerprint density at radius 2 is 2.00 bits per heavy atom. The molecule has 1 fully saturated rings. The number of nitro groups is 1. The number of nitrogens with zero attached hydrogens (tertiary/aromatic N) is 4. The molecule has 0 radical (unpaired) electrons. The lowest BCUT2D eigenvalue weighted by atomic mass is 10.0. The summed E-state index contributed by atoms with van der Waals surface area (Å²) in [7, 11) is 0. The first-order valence-electron chi connectivity index (χ1n) is 6.94. The van der Waals surface area contributed by atoms with Crippen LogP contribution in [0.1, 0.15) is 19.4 Å². The summed E-state index contributed by atoms with van der Waals surface area (Å²) in [5.41, 5.74) is 0.613. The standard InChI is InChI=1S/C15H20N4O2/c1-5-15(3,4)18-8-6-17(7-9-18)14-12(2)10-13(11-16-14)19(20)21/h1,10-11H,6-9H2,2-4H3. The molecule has 21 heavy (non-hydrogen) atoms. The van der Waals surface area contributed by atoms with Crippen molar-refractivity contribution in [3.05, 3.63) is 27.9 Å². The van der Waals surface area contributed by atoms with Gasteiger partial charge in [-0.2, -0.15) is 0 Å². The lowest BCUT2D eigenvalue weighted by molar-refractivity contribution is -0.385. The molecule has 0 atom stereocenters. The van der Waals surface area contributed by atoms with E-state index in [1.54, 1.807) is 6.07 Å². The van der Waals surface area contributed by atoms with Crippen LogP contribution in [0.4, 0.5) is 11.5 Å². The summed E-state index contributed by atoms with van der Waals surface area (Å²) in [6.07, 6.45) is 6.89. The van der Waals surface area contributed by atoms with Crippen LogP contribution in [0.25, 0.3) is 0 Å². The Kier molecular flexibility index (Phi) is 4.14. The summed E-state index contributed by atoms with van der Waals surface area (Å²) >= 11 is 0. The number of aryl methyl sites for hydroxylation is 1. The third-order valence-corrected chi connectivity index (χ3v) is 3.97. The van der Waals surface area contributed by atoms with Gasteiger partial charge in [0.1, 0.15) is 12.0 Å². The molecule has 0 saturated carbocycles. The molecular formula is C15H20N4O2. The van der Waals surface area contributed by atoms with Crippen molar-refractivity contribution in [1.82, 2.24) is 9.88 Å². The van der Waals surface area contributed by atoms with Crippen LogP contribution >= 0.6 is 0 Å². The second-order valence-corrected chi connectivity index (χ2v) is 5.77. The van der Waals surface area contributed by atoms with E-state index in [-0.39, 0.29) is 11.2 Å². The van der Waals surface area contributed by atoms with Gasteiger partial charge in [0.05, 0.1) is 10.5 Å². The first-order chi connectivity index (χ1) is 9.85. The lowest BCUT2D eigenvalue weighted by Crippen LogP contribution is -2.54. The van der Waals surface area contributed by atoms with Crippen molar-refractivity contribution in [3.63, 3.8) is 0 Å². The van der Waals surface area contributed by atoms with E-state index in [4.69, 9.17) is 6.42 Å². The molecule has 1 aliphatic heterocycles. The molecule has 0 aromatic carbocycles. The first kappa shape index (κ1) is 15.3. The largest absolute Gasteiger partial charge is 0.354 e. The molecule has 0 unspecified atom stereocenters. The van der Waals surface area contributed by atoms with E-state index in [2.05, 4.69) is 20.7 Å². The number of piperazine rings is 1. The van der Waals surface area contributed by atoms with Gasteiger partial charge in [-0.25, -0.2) is 4.98 Å². The Hall–Kier alpha value is -2.13. The van der Waals surface area contributed by atoms with Crippen molar-refractivity contribution in [2.45, 2.75) is 26.3 Å². The molecule has 1 aliphatic rings. The third kappa shape index (κ3) is 3.14. The molecular weight excluding hydrogens is 268 g/mol. The van der Waals surface area contributed by atoms with Crippen LogP contribution in [0.2, 0.25) is 0 Å². The molecule has 0 amide bonds. The van der Waals surface area contributed by atoms with Crippen molar-refractivity contribution >= 4 is 11.5 Å². The van der Waals surface area contributed by atoms with E-state index in [0.29, 0.717) is 0 Å². The number of hydrogen-bond acceptors (Lipinski definition) is 5. The zero-order valence-corrected chi connectivity index (χ0v) is 12.7. The Labute approximate surface area is 124 Å². The van der Waals surface area contributed by atoms with E-state index in [0.717, 1.165) is 37.6 Å². The molecule has 112 valence electrons. The second-order valence-electron chi connectivity index (χ2n) is 5.77. The fraction of sp³-hybridized carbons (Fsp3) is 0.533. The van der Waals surface area contributed by atoms with Gasteiger partial charge in [0, 0.05) is 32.2 Å². The first-order valence-corrected chi connectivity index (χ1v) is 6.94. The van der Waals surface area contributed by atoms with Crippen LogP contribution in [0, 0.1) is 29.4 Å². The molecule has 0 N–H and O–H groups in total. The Bertz CT molecular complexity index is 584. The van der Waals surface area contributed by atoms with E-state index < -0.39 is 4.92 Å². The fourth-order valence-electron chi connectivity index (χ4n) is 2.55. The van der Waals surface area contributed by atoms with Gasteiger partial charge in [-0.1, -0.05) is 5.92 Å². The van der Waals surface area contributed by atoms with Crippen molar-refractivity contribution in [2.75, 3.05) is 31.1 Å². The van der Waals surface area contributed by atoms with Crippen molar-refractivity contribution < 1.29 is 4.92 Å². The fourth-order valence-corrected chi connectivity index (χ4v) is 2.55. The highest BCUT2D eigenvalue weighted by atomic mass is 16.6. The van der Waals surface area contributed by atoms with Crippen molar-refractivity contribution in [1.29, 1.82) is 0 Å². The minimum atomic E-state index is -0.419. The lowest BCUT2D eigenvalue weighted by Gasteiger charge is -2.42. The minimum absolute atomic E-state index is 0.0309. The monoisotopic (exact) mass is 288 g/mol. The maximum Gasteiger partial charge on any atom is 0.287 e. The van der Waals surface area contributed by atoms with Gasteiger partial charge in [0.2, 0.25) is 0 Å². The maximum absolute atomic E-state index is 10.8. The summed E-state index contributed by atoms with van der Waals surface area (Å²) in [6.45, 7) is 9.28. The van der Waals surface area contributed by atoms with Gasteiger partial charge in [-0.3, -0.25) is 15.0 Å². The summed E-state index contributed by atoms with van der Waals surface area (Å²) in [4.78, 5) is 19.0. The van der Waals surface area contributed by atoms with Crippen molar-refractivity contribution in [2.24, 2.45) is 0 Å². The van der Waals surface area contributed by atoms with E-state index in [1.165, 1.54) is 6.20 Å². The summed E-state index contributed by atoms with van der Waals surface area (Å²) < 4.78 is 0. The van der Waals surface area contributed by atoms with Gasteiger partial charge < -0.3 is 4.90 Å². The van der Waals surface area contributed by atoms with Gasteiger partial charge in [0.25, 0.3) is 5.69 Å². The van der Waals surface area contributed by atoms with Gasteiger partial charge in [-0.15, -0.1) is 6.42 Å². The normalized spacial score (nSPS) is 16.6. The zero-order chi connectivity index (χ0) is 15.6. The minimum Gasteiger partial charge on any atom is -0.354 e. The van der Waals surface area contributed by atoms with Gasteiger partial charge in [0.15, 0.2) is 0 Å².